The average Bonchev–Trinajstić information content (AvgIpc) is 2.82. The van der Waals surface area contributed by atoms with Crippen LogP contribution in [0.15, 0.2) is 18.3 Å². The van der Waals surface area contributed by atoms with Crippen molar-refractivity contribution in [1.29, 1.82) is 0 Å². The first kappa shape index (κ1) is 13.4. The highest BCUT2D eigenvalue weighted by Gasteiger charge is 2.25. The Kier molecular flexibility index (Phi) is 4.37. The summed E-state index contributed by atoms with van der Waals surface area (Å²) in [6.07, 6.45) is 9.03. The molecule has 1 heterocycles. The van der Waals surface area contributed by atoms with Crippen LogP contribution in [0.5, 0.6) is 0 Å². The van der Waals surface area contributed by atoms with E-state index in [1.54, 1.807) is 12.1 Å². The zero-order chi connectivity index (χ0) is 13.7. The third-order valence-corrected chi connectivity index (χ3v) is 3.19. The number of rotatable bonds is 4. The smallest absolute Gasteiger partial charge is 0.253 e. The predicted octanol–water partition coefficient (Wildman–Crippen LogP) is 0.770. The molecule has 19 heavy (non-hydrogen) atoms. The normalized spacial score (nSPS) is 21.7. The standard InChI is InChI=1S/C14H17N3O2/c1-2-8-15-14(19)10-6-7-13(16-9-10)17-11-4-3-5-12(11)18/h1,6-7,9,11-12,18H,3-5,8H2,(H,15,19)(H,16,17)/t11-,12-/m0/s1. The molecule has 1 fully saturated rings. The van der Waals surface area contributed by atoms with Gasteiger partial charge in [0.1, 0.15) is 5.82 Å². The number of aliphatic hydroxyl groups is 1. The van der Waals surface area contributed by atoms with Gasteiger partial charge in [-0.2, -0.15) is 0 Å². The number of carbonyl (C=O) groups excluding carboxylic acids is 1. The van der Waals surface area contributed by atoms with Crippen molar-refractivity contribution in [3.63, 3.8) is 0 Å². The van der Waals surface area contributed by atoms with Crippen molar-refractivity contribution in [2.75, 3.05) is 11.9 Å². The number of pyridine rings is 1. The van der Waals surface area contributed by atoms with E-state index >= 15 is 0 Å². The van der Waals surface area contributed by atoms with Gasteiger partial charge in [-0.25, -0.2) is 4.98 Å². The lowest BCUT2D eigenvalue weighted by atomic mass is 10.2. The molecule has 5 heteroatoms. The van der Waals surface area contributed by atoms with Gasteiger partial charge in [-0.05, 0) is 31.4 Å². The Morgan fingerprint density at radius 3 is 2.95 bits per heavy atom. The monoisotopic (exact) mass is 259 g/mol. The minimum atomic E-state index is -0.319. The molecule has 1 aromatic heterocycles. The van der Waals surface area contributed by atoms with Gasteiger partial charge in [0.25, 0.3) is 5.91 Å². The van der Waals surface area contributed by atoms with Crippen molar-refractivity contribution < 1.29 is 9.90 Å². The molecule has 0 spiro atoms. The number of aromatic nitrogens is 1. The van der Waals surface area contributed by atoms with Crippen LogP contribution in [-0.4, -0.2) is 34.7 Å². The molecule has 0 radical (unpaired) electrons. The molecule has 0 bridgehead atoms. The molecule has 1 aliphatic rings. The maximum Gasteiger partial charge on any atom is 0.253 e. The van der Waals surface area contributed by atoms with Gasteiger partial charge in [0.2, 0.25) is 0 Å². The van der Waals surface area contributed by atoms with Gasteiger partial charge in [0.05, 0.1) is 24.3 Å². The molecule has 2 atom stereocenters. The van der Waals surface area contributed by atoms with E-state index in [1.165, 1.54) is 6.20 Å². The first-order valence-corrected chi connectivity index (χ1v) is 6.33. The maximum absolute atomic E-state index is 11.6. The third-order valence-electron chi connectivity index (χ3n) is 3.19. The number of hydrogen-bond acceptors (Lipinski definition) is 4. The van der Waals surface area contributed by atoms with E-state index < -0.39 is 0 Å². The third kappa shape index (κ3) is 3.46. The Balaban J connectivity index is 1.94. The Morgan fingerprint density at radius 1 is 1.53 bits per heavy atom. The first-order valence-electron chi connectivity index (χ1n) is 6.33. The van der Waals surface area contributed by atoms with Gasteiger partial charge in [-0.15, -0.1) is 6.42 Å². The van der Waals surface area contributed by atoms with Crippen LogP contribution >= 0.6 is 0 Å². The topological polar surface area (TPSA) is 74.2 Å². The van der Waals surface area contributed by atoms with Gasteiger partial charge in [-0.1, -0.05) is 5.92 Å². The molecule has 3 N–H and O–H groups in total. The van der Waals surface area contributed by atoms with Crippen LogP contribution in [0.2, 0.25) is 0 Å². The minimum Gasteiger partial charge on any atom is -0.391 e. The van der Waals surface area contributed by atoms with Gasteiger partial charge >= 0.3 is 0 Å². The summed E-state index contributed by atoms with van der Waals surface area (Å²) < 4.78 is 0. The summed E-state index contributed by atoms with van der Waals surface area (Å²) in [6, 6.07) is 3.46. The summed E-state index contributed by atoms with van der Waals surface area (Å²) in [5, 5.41) is 15.5. The fourth-order valence-corrected chi connectivity index (χ4v) is 2.15. The molecular formula is C14H17N3O2. The summed E-state index contributed by atoms with van der Waals surface area (Å²) >= 11 is 0. The van der Waals surface area contributed by atoms with E-state index in [9.17, 15) is 9.90 Å². The maximum atomic E-state index is 11.6. The van der Waals surface area contributed by atoms with Crippen LogP contribution in [0.4, 0.5) is 5.82 Å². The highest BCUT2D eigenvalue weighted by molar-refractivity contribution is 5.94. The Morgan fingerprint density at radius 2 is 2.37 bits per heavy atom. The van der Waals surface area contributed by atoms with E-state index in [1.807, 2.05) is 0 Å². The van der Waals surface area contributed by atoms with E-state index in [4.69, 9.17) is 6.42 Å². The van der Waals surface area contributed by atoms with Crippen molar-refractivity contribution in [3.05, 3.63) is 23.9 Å². The molecule has 1 amide bonds. The van der Waals surface area contributed by atoms with Crippen LogP contribution < -0.4 is 10.6 Å². The highest BCUT2D eigenvalue weighted by Crippen LogP contribution is 2.22. The molecule has 100 valence electrons. The van der Waals surface area contributed by atoms with Crippen LogP contribution in [0.3, 0.4) is 0 Å². The number of nitrogens with one attached hydrogen (secondary N) is 2. The predicted molar refractivity (Wildman–Crippen MR) is 72.7 cm³/mol. The van der Waals surface area contributed by atoms with Gasteiger partial charge in [-0.3, -0.25) is 4.79 Å². The zero-order valence-electron chi connectivity index (χ0n) is 10.6. The summed E-state index contributed by atoms with van der Waals surface area (Å²) in [5.74, 6) is 2.77. The number of nitrogens with zero attached hydrogens (tertiary/aromatic N) is 1. The molecule has 0 aliphatic heterocycles. The van der Waals surface area contributed by atoms with Gasteiger partial charge in [0.15, 0.2) is 0 Å². The van der Waals surface area contributed by atoms with Crippen molar-refractivity contribution in [2.24, 2.45) is 0 Å². The Labute approximate surface area is 112 Å². The quantitative estimate of drug-likeness (QED) is 0.698. The number of hydrogen-bond donors (Lipinski definition) is 3. The Bertz CT molecular complexity index is 478. The lowest BCUT2D eigenvalue weighted by molar-refractivity contribution is 0.0958. The lowest BCUT2D eigenvalue weighted by Crippen LogP contribution is -2.28. The zero-order valence-corrected chi connectivity index (χ0v) is 10.6. The fraction of sp³-hybridized carbons (Fsp3) is 0.429. The van der Waals surface area contributed by atoms with Gasteiger partial charge in [0, 0.05) is 6.20 Å². The second-order valence-electron chi connectivity index (χ2n) is 4.57. The van der Waals surface area contributed by atoms with Crippen LogP contribution in [-0.2, 0) is 0 Å². The first-order chi connectivity index (χ1) is 9.20. The summed E-state index contributed by atoms with van der Waals surface area (Å²) in [4.78, 5) is 15.8. The summed E-state index contributed by atoms with van der Waals surface area (Å²) in [5.41, 5.74) is 0.466. The van der Waals surface area contributed by atoms with E-state index in [2.05, 4.69) is 21.5 Å². The second-order valence-corrected chi connectivity index (χ2v) is 4.57. The number of terminal acetylenes is 1. The molecule has 0 saturated heterocycles. The van der Waals surface area contributed by atoms with Crippen molar-refractivity contribution in [2.45, 2.75) is 31.4 Å². The summed E-state index contributed by atoms with van der Waals surface area (Å²) in [7, 11) is 0. The summed E-state index contributed by atoms with van der Waals surface area (Å²) in [6.45, 7) is 0.201. The fourth-order valence-electron chi connectivity index (χ4n) is 2.15. The molecule has 0 unspecified atom stereocenters. The van der Waals surface area contributed by atoms with E-state index in [0.717, 1.165) is 19.3 Å². The lowest BCUT2D eigenvalue weighted by Gasteiger charge is -2.16. The average molecular weight is 259 g/mol. The molecule has 1 aliphatic carbocycles. The largest absolute Gasteiger partial charge is 0.391 e. The van der Waals surface area contributed by atoms with E-state index in [0.29, 0.717) is 11.4 Å². The molecular weight excluding hydrogens is 242 g/mol. The van der Waals surface area contributed by atoms with Crippen LogP contribution in [0.1, 0.15) is 29.6 Å². The van der Waals surface area contributed by atoms with Crippen molar-refractivity contribution in [1.82, 2.24) is 10.3 Å². The number of aliphatic hydroxyl groups excluding tert-OH is 1. The molecule has 1 saturated carbocycles. The van der Waals surface area contributed by atoms with E-state index in [-0.39, 0.29) is 24.6 Å². The van der Waals surface area contributed by atoms with Gasteiger partial charge < -0.3 is 15.7 Å². The number of anilines is 1. The number of amides is 1. The number of carbonyl (C=O) groups is 1. The van der Waals surface area contributed by atoms with Crippen molar-refractivity contribution in [3.8, 4) is 12.3 Å². The van der Waals surface area contributed by atoms with Crippen molar-refractivity contribution >= 4 is 11.7 Å². The van der Waals surface area contributed by atoms with Crippen LogP contribution in [0.25, 0.3) is 0 Å². The van der Waals surface area contributed by atoms with Crippen LogP contribution in [0, 0.1) is 12.3 Å². The molecule has 0 aromatic carbocycles. The Hall–Kier alpha value is -2.06. The second kappa shape index (κ2) is 6.21. The SMILES string of the molecule is C#CCNC(=O)c1ccc(N[C@H]2CCC[C@@H]2O)nc1. The molecule has 5 nitrogen and oxygen atoms in total. The minimum absolute atomic E-state index is 0.0496. The highest BCUT2D eigenvalue weighted by atomic mass is 16.3. The molecule has 1 aromatic rings. The molecule has 2 rings (SSSR count).